The Morgan fingerprint density at radius 3 is 2.03 bits per heavy atom. The van der Waals surface area contributed by atoms with E-state index in [1.54, 1.807) is 54.6 Å². The van der Waals surface area contributed by atoms with Crippen molar-refractivity contribution in [1.29, 1.82) is 0 Å². The van der Waals surface area contributed by atoms with Crippen LogP contribution in [-0.2, 0) is 23.9 Å². The van der Waals surface area contributed by atoms with Gasteiger partial charge in [0.05, 0.1) is 43.4 Å². The van der Waals surface area contributed by atoms with Crippen LogP contribution >= 0.6 is 0 Å². The van der Waals surface area contributed by atoms with Crippen molar-refractivity contribution in [2.75, 3.05) is 23.9 Å². The van der Waals surface area contributed by atoms with Gasteiger partial charge in [-0.1, -0.05) is 56.9 Å². The lowest BCUT2D eigenvalue weighted by molar-refractivity contribution is -0.138. The summed E-state index contributed by atoms with van der Waals surface area (Å²) in [4.78, 5) is 52.8. The number of aromatic carboxylic acids is 1. The highest BCUT2D eigenvalue weighted by Gasteiger charge is 2.34. The van der Waals surface area contributed by atoms with Crippen molar-refractivity contribution in [1.82, 2.24) is 0 Å². The SMILES string of the molecule is CCCCCCCOc1ccc(C(=O)Oc2ccc(CN(C(=O)c3ccc(NC(=O)Cc4ccc(OC)cc4C(F)(F)F)cc3)c3cccc(C(=O)O)c3)cc2)cc1. The largest absolute Gasteiger partial charge is 0.497 e. The Hall–Kier alpha value is -6.63. The first-order valence-electron chi connectivity index (χ1n) is 18.7. The number of carbonyl (C=O) groups is 4. The lowest BCUT2D eigenvalue weighted by Crippen LogP contribution is -2.30. The minimum Gasteiger partial charge on any atom is -0.497 e. The number of carboxylic acid groups (broad SMARTS) is 1. The molecule has 10 nitrogen and oxygen atoms in total. The highest BCUT2D eigenvalue weighted by molar-refractivity contribution is 6.07. The third-order valence-corrected chi connectivity index (χ3v) is 9.12. The molecule has 0 aliphatic rings. The van der Waals surface area contributed by atoms with Crippen LogP contribution in [0.2, 0.25) is 0 Å². The molecule has 5 aromatic carbocycles. The third-order valence-electron chi connectivity index (χ3n) is 9.12. The lowest BCUT2D eigenvalue weighted by atomic mass is 10.0. The Bertz CT molecular complexity index is 2190. The molecule has 0 bridgehead atoms. The van der Waals surface area contributed by atoms with Gasteiger partial charge in [-0.15, -0.1) is 0 Å². The summed E-state index contributed by atoms with van der Waals surface area (Å²) in [6.45, 7) is 2.77. The minimum atomic E-state index is -4.70. The van der Waals surface area contributed by atoms with Gasteiger partial charge in [-0.2, -0.15) is 13.2 Å². The number of esters is 1. The van der Waals surface area contributed by atoms with E-state index >= 15 is 0 Å². The second kappa shape index (κ2) is 20.0. The summed E-state index contributed by atoms with van der Waals surface area (Å²) in [5.41, 5.74) is 0.430. The van der Waals surface area contributed by atoms with E-state index in [0.29, 0.717) is 29.2 Å². The fourth-order valence-corrected chi connectivity index (χ4v) is 6.01. The molecule has 0 radical (unpaired) electrons. The number of ether oxygens (including phenoxy) is 3. The molecule has 13 heteroatoms. The zero-order chi connectivity index (χ0) is 41.7. The second-order valence-corrected chi connectivity index (χ2v) is 13.4. The van der Waals surface area contributed by atoms with Crippen molar-refractivity contribution in [2.45, 2.75) is 58.2 Å². The summed E-state index contributed by atoms with van der Waals surface area (Å²) >= 11 is 0. The van der Waals surface area contributed by atoms with Gasteiger partial charge in [-0.25, -0.2) is 9.59 Å². The molecule has 0 spiro atoms. The molecule has 5 aromatic rings. The number of hydrogen-bond acceptors (Lipinski definition) is 7. The standard InChI is InChI=1S/C45H43F3N2O8/c1-3-4-5-6-7-25-57-37-22-15-32(16-23-37)44(55)58-38-20-11-30(12-21-38)29-50(36-10-8-9-34(26-36)43(53)54)42(52)31-13-18-35(19-14-31)49-41(51)27-33-17-24-39(56-2)28-40(33)45(46,47)48/h8-24,26,28H,3-7,25,27,29H2,1-2H3,(H,49,51)(H,53,54). The normalized spacial score (nSPS) is 11.1. The fraction of sp³-hybridized carbons (Fsp3) is 0.244. The van der Waals surface area contributed by atoms with Gasteiger partial charge in [0.25, 0.3) is 5.91 Å². The van der Waals surface area contributed by atoms with Gasteiger partial charge in [0.1, 0.15) is 17.2 Å². The number of unbranched alkanes of at least 4 members (excludes halogenated alkanes) is 4. The first-order valence-corrected chi connectivity index (χ1v) is 18.7. The highest BCUT2D eigenvalue weighted by Crippen LogP contribution is 2.35. The predicted molar refractivity (Wildman–Crippen MR) is 213 cm³/mol. The maximum atomic E-state index is 14.0. The lowest BCUT2D eigenvalue weighted by Gasteiger charge is -2.24. The molecule has 0 aliphatic carbocycles. The van der Waals surface area contributed by atoms with E-state index in [-0.39, 0.29) is 40.4 Å². The van der Waals surface area contributed by atoms with Crippen LogP contribution in [0.3, 0.4) is 0 Å². The molecular weight excluding hydrogens is 753 g/mol. The zero-order valence-corrected chi connectivity index (χ0v) is 32.0. The summed E-state index contributed by atoms with van der Waals surface area (Å²) in [6.07, 6.45) is 0.372. The molecular formula is C45H43F3N2O8. The van der Waals surface area contributed by atoms with Gasteiger partial charge in [0.2, 0.25) is 5.91 Å². The zero-order valence-electron chi connectivity index (χ0n) is 32.0. The van der Waals surface area contributed by atoms with Crippen LogP contribution in [0.4, 0.5) is 24.5 Å². The molecule has 0 heterocycles. The van der Waals surface area contributed by atoms with Gasteiger partial charge in [0, 0.05) is 16.9 Å². The Labute approximate surface area is 334 Å². The van der Waals surface area contributed by atoms with E-state index in [4.69, 9.17) is 14.2 Å². The highest BCUT2D eigenvalue weighted by atomic mass is 19.4. The summed E-state index contributed by atoms with van der Waals surface area (Å²) in [7, 11) is 1.25. The maximum absolute atomic E-state index is 14.0. The number of alkyl halides is 3. The molecule has 0 saturated carbocycles. The van der Waals surface area contributed by atoms with E-state index < -0.39 is 41.9 Å². The van der Waals surface area contributed by atoms with E-state index in [1.807, 2.05) is 0 Å². The van der Waals surface area contributed by atoms with Crippen molar-refractivity contribution in [3.8, 4) is 17.2 Å². The molecule has 0 fully saturated rings. The number of nitrogens with zero attached hydrogens (tertiary/aromatic N) is 1. The number of carbonyl (C=O) groups excluding carboxylic acids is 3. The molecule has 0 atom stereocenters. The average Bonchev–Trinajstić information content (AvgIpc) is 3.21. The summed E-state index contributed by atoms with van der Waals surface area (Å²) in [5, 5.41) is 12.2. The Morgan fingerprint density at radius 2 is 1.38 bits per heavy atom. The van der Waals surface area contributed by atoms with Crippen LogP contribution in [0.5, 0.6) is 17.2 Å². The first kappa shape index (κ1) is 42.5. The van der Waals surface area contributed by atoms with E-state index in [2.05, 4.69) is 12.2 Å². The van der Waals surface area contributed by atoms with Gasteiger partial charge >= 0.3 is 18.1 Å². The maximum Gasteiger partial charge on any atom is 0.416 e. The van der Waals surface area contributed by atoms with Crippen LogP contribution in [0.25, 0.3) is 0 Å². The van der Waals surface area contributed by atoms with Crippen LogP contribution in [0, 0.1) is 0 Å². The monoisotopic (exact) mass is 796 g/mol. The summed E-state index contributed by atoms with van der Waals surface area (Å²) in [6, 6.07) is 28.2. The molecule has 302 valence electrons. The number of amides is 2. The van der Waals surface area contributed by atoms with Crippen molar-refractivity contribution >= 4 is 35.1 Å². The Kier molecular flexibility index (Phi) is 14.7. The quantitative estimate of drug-likeness (QED) is 0.0509. The number of carboxylic acids is 1. The molecule has 0 saturated heterocycles. The minimum absolute atomic E-state index is 0.00190. The van der Waals surface area contributed by atoms with Crippen molar-refractivity contribution in [2.24, 2.45) is 0 Å². The van der Waals surface area contributed by atoms with Gasteiger partial charge in [-0.3, -0.25) is 9.59 Å². The molecule has 2 amide bonds. The number of hydrogen-bond donors (Lipinski definition) is 2. The molecule has 58 heavy (non-hydrogen) atoms. The number of benzene rings is 5. The van der Waals surface area contributed by atoms with E-state index in [0.717, 1.165) is 18.9 Å². The molecule has 2 N–H and O–H groups in total. The van der Waals surface area contributed by atoms with Crippen LogP contribution in [0.15, 0.2) is 115 Å². The number of anilines is 2. The van der Waals surface area contributed by atoms with Crippen molar-refractivity contribution in [3.63, 3.8) is 0 Å². The average molecular weight is 797 g/mol. The van der Waals surface area contributed by atoms with Gasteiger partial charge in [-0.05, 0) is 109 Å². The van der Waals surface area contributed by atoms with E-state index in [1.165, 1.54) is 85.9 Å². The topological polar surface area (TPSA) is 131 Å². The molecule has 0 aliphatic heterocycles. The predicted octanol–water partition coefficient (Wildman–Crippen LogP) is 10.0. The Balaban J connectivity index is 1.25. The van der Waals surface area contributed by atoms with E-state index in [9.17, 15) is 37.5 Å². The summed E-state index contributed by atoms with van der Waals surface area (Å²) in [5.74, 6) is -2.02. The number of nitrogens with one attached hydrogen (secondary N) is 1. The van der Waals surface area contributed by atoms with Crippen LogP contribution in [0.1, 0.15) is 86.8 Å². The van der Waals surface area contributed by atoms with Crippen LogP contribution in [-0.4, -0.2) is 42.6 Å². The smallest absolute Gasteiger partial charge is 0.416 e. The first-order chi connectivity index (χ1) is 27.8. The molecule has 0 aromatic heterocycles. The third kappa shape index (κ3) is 11.9. The van der Waals surface area contributed by atoms with Gasteiger partial charge in [0.15, 0.2) is 0 Å². The number of halogens is 3. The van der Waals surface area contributed by atoms with Gasteiger partial charge < -0.3 is 29.5 Å². The Morgan fingerprint density at radius 1 is 0.724 bits per heavy atom. The summed E-state index contributed by atoms with van der Waals surface area (Å²) < 4.78 is 57.2. The van der Waals surface area contributed by atoms with Crippen LogP contribution < -0.4 is 24.4 Å². The van der Waals surface area contributed by atoms with Crippen molar-refractivity contribution in [3.05, 3.63) is 149 Å². The number of methoxy groups -OCH3 is 1. The number of rotatable bonds is 18. The second-order valence-electron chi connectivity index (χ2n) is 13.4. The van der Waals surface area contributed by atoms with Crippen molar-refractivity contribution < 1.29 is 51.7 Å². The molecule has 5 rings (SSSR count). The fourth-order valence-electron chi connectivity index (χ4n) is 6.01. The molecule has 0 unspecified atom stereocenters.